The number of benzene rings is 4. The number of aromatic hydroxyl groups is 1. The molecule has 0 amide bonds. The highest BCUT2D eigenvalue weighted by Gasteiger charge is 2.22. The van der Waals surface area contributed by atoms with Gasteiger partial charge >= 0.3 is 0 Å². The number of nitrogens with zero attached hydrogens (tertiary/aromatic N) is 2. The van der Waals surface area contributed by atoms with Crippen molar-refractivity contribution >= 4 is 27.7 Å². The Morgan fingerprint density at radius 1 is 0.581 bits per heavy atom. The first-order chi connectivity index (χ1) is 15.3. The Balaban J connectivity index is 1.74. The molecule has 0 aliphatic carbocycles. The van der Waals surface area contributed by atoms with Gasteiger partial charge in [0.2, 0.25) is 0 Å². The Hall–Kier alpha value is -3.89. The average molecular weight is 421 g/mol. The summed E-state index contributed by atoms with van der Waals surface area (Å²) in [6.45, 7) is 0. The van der Waals surface area contributed by atoms with Crippen LogP contribution in [0.15, 0.2) is 115 Å². The molecule has 0 spiro atoms. The SMILES string of the molecule is Oc1ccc(-c2nc(-c3ccccc3)c(N(c3ccccc3)c3ccccc3)s2)cc1. The highest BCUT2D eigenvalue weighted by molar-refractivity contribution is 7.19. The molecule has 4 aromatic carbocycles. The van der Waals surface area contributed by atoms with Crippen molar-refractivity contribution in [1.29, 1.82) is 0 Å². The number of phenols is 1. The van der Waals surface area contributed by atoms with E-state index in [1.54, 1.807) is 23.5 Å². The number of para-hydroxylation sites is 2. The van der Waals surface area contributed by atoms with E-state index >= 15 is 0 Å². The van der Waals surface area contributed by atoms with Gasteiger partial charge in [-0.3, -0.25) is 0 Å². The van der Waals surface area contributed by atoms with Crippen molar-refractivity contribution in [3.8, 4) is 27.6 Å². The van der Waals surface area contributed by atoms with E-state index in [2.05, 4.69) is 65.6 Å². The predicted octanol–water partition coefficient (Wildman–Crippen LogP) is 7.65. The Bertz CT molecular complexity index is 1230. The molecule has 0 radical (unpaired) electrons. The molecule has 0 unspecified atom stereocenters. The van der Waals surface area contributed by atoms with Crippen LogP contribution >= 0.6 is 11.3 Å². The molecule has 0 fully saturated rings. The van der Waals surface area contributed by atoms with Crippen LogP contribution in [0, 0.1) is 0 Å². The van der Waals surface area contributed by atoms with Gasteiger partial charge in [0.15, 0.2) is 0 Å². The van der Waals surface area contributed by atoms with Crippen molar-refractivity contribution in [3.63, 3.8) is 0 Å². The van der Waals surface area contributed by atoms with Crippen LogP contribution in [0.25, 0.3) is 21.8 Å². The second kappa shape index (κ2) is 8.46. The minimum atomic E-state index is 0.249. The lowest BCUT2D eigenvalue weighted by molar-refractivity contribution is 0.475. The fourth-order valence-corrected chi connectivity index (χ4v) is 4.65. The van der Waals surface area contributed by atoms with E-state index in [4.69, 9.17) is 4.98 Å². The minimum Gasteiger partial charge on any atom is -0.508 e. The molecule has 0 saturated carbocycles. The van der Waals surface area contributed by atoms with Crippen molar-refractivity contribution < 1.29 is 5.11 Å². The summed E-state index contributed by atoms with van der Waals surface area (Å²) in [6, 6.07) is 38.2. The van der Waals surface area contributed by atoms with Crippen molar-refractivity contribution in [2.24, 2.45) is 0 Å². The molecule has 3 nitrogen and oxygen atoms in total. The molecule has 0 saturated heterocycles. The minimum absolute atomic E-state index is 0.249. The molecule has 1 N–H and O–H groups in total. The first-order valence-electron chi connectivity index (χ1n) is 10.1. The quantitative estimate of drug-likeness (QED) is 0.317. The Morgan fingerprint density at radius 2 is 1.10 bits per heavy atom. The van der Waals surface area contributed by atoms with E-state index in [1.165, 1.54) is 0 Å². The maximum absolute atomic E-state index is 9.70. The summed E-state index contributed by atoms with van der Waals surface area (Å²) < 4.78 is 0. The molecule has 5 aromatic rings. The lowest BCUT2D eigenvalue weighted by Gasteiger charge is -2.24. The number of rotatable bonds is 5. The second-order valence-corrected chi connectivity index (χ2v) is 8.07. The molecular formula is C27H20N2OS. The highest BCUT2D eigenvalue weighted by Crippen LogP contribution is 2.46. The molecule has 1 aromatic heterocycles. The predicted molar refractivity (Wildman–Crippen MR) is 129 cm³/mol. The van der Waals surface area contributed by atoms with Gasteiger partial charge in [-0.1, -0.05) is 78.1 Å². The molecule has 0 aliphatic heterocycles. The van der Waals surface area contributed by atoms with Gasteiger partial charge in [-0.05, 0) is 48.5 Å². The molecule has 31 heavy (non-hydrogen) atoms. The smallest absolute Gasteiger partial charge is 0.129 e. The average Bonchev–Trinajstić information content (AvgIpc) is 3.27. The van der Waals surface area contributed by atoms with E-state index in [0.29, 0.717) is 0 Å². The summed E-state index contributed by atoms with van der Waals surface area (Å²) in [6.07, 6.45) is 0. The van der Waals surface area contributed by atoms with Gasteiger partial charge in [-0.2, -0.15) is 0 Å². The number of thiazole rings is 1. The van der Waals surface area contributed by atoms with Crippen LogP contribution in [0.5, 0.6) is 5.75 Å². The number of hydrogen-bond donors (Lipinski definition) is 1. The van der Waals surface area contributed by atoms with Crippen LogP contribution < -0.4 is 4.90 Å². The first-order valence-corrected chi connectivity index (χ1v) is 10.9. The fraction of sp³-hybridized carbons (Fsp3) is 0. The van der Waals surface area contributed by atoms with Crippen molar-refractivity contribution in [2.45, 2.75) is 0 Å². The van der Waals surface area contributed by atoms with Crippen LogP contribution in [-0.2, 0) is 0 Å². The number of hydrogen-bond acceptors (Lipinski definition) is 4. The van der Waals surface area contributed by atoms with Crippen molar-refractivity contribution in [2.75, 3.05) is 4.90 Å². The van der Waals surface area contributed by atoms with Gasteiger partial charge in [-0.15, -0.1) is 0 Å². The van der Waals surface area contributed by atoms with Gasteiger partial charge in [0.05, 0.1) is 0 Å². The summed E-state index contributed by atoms with van der Waals surface area (Å²) in [4.78, 5) is 7.30. The molecule has 150 valence electrons. The van der Waals surface area contributed by atoms with Crippen LogP contribution in [0.1, 0.15) is 0 Å². The third-order valence-corrected chi connectivity index (χ3v) is 6.09. The largest absolute Gasteiger partial charge is 0.508 e. The lowest BCUT2D eigenvalue weighted by Crippen LogP contribution is -2.09. The van der Waals surface area contributed by atoms with Gasteiger partial charge in [0.25, 0.3) is 0 Å². The maximum atomic E-state index is 9.70. The molecule has 0 atom stereocenters. The van der Waals surface area contributed by atoms with E-state index in [0.717, 1.165) is 38.2 Å². The molecule has 1 heterocycles. The van der Waals surface area contributed by atoms with Gasteiger partial charge in [-0.25, -0.2) is 4.98 Å². The third kappa shape index (κ3) is 3.93. The number of phenolic OH excluding ortho intramolecular Hbond substituents is 1. The highest BCUT2D eigenvalue weighted by atomic mass is 32.1. The van der Waals surface area contributed by atoms with Gasteiger partial charge in [0, 0.05) is 22.5 Å². The zero-order valence-corrected chi connectivity index (χ0v) is 17.5. The van der Waals surface area contributed by atoms with Crippen LogP contribution in [0.2, 0.25) is 0 Å². The Labute approximate surface area is 185 Å². The molecule has 0 aliphatic rings. The standard InChI is InChI=1S/C27H20N2OS/c30-24-18-16-21(17-19-24)26-28-25(20-10-4-1-5-11-20)27(31-26)29(22-12-6-2-7-13-22)23-14-8-3-9-15-23/h1-19,30H. The summed E-state index contributed by atoms with van der Waals surface area (Å²) in [5, 5.41) is 11.7. The molecule has 0 bridgehead atoms. The zero-order chi connectivity index (χ0) is 21.0. The maximum Gasteiger partial charge on any atom is 0.129 e. The number of aromatic nitrogens is 1. The van der Waals surface area contributed by atoms with E-state index in [1.807, 2.05) is 42.5 Å². The Kier molecular flexibility index (Phi) is 5.21. The lowest BCUT2D eigenvalue weighted by atomic mass is 10.1. The van der Waals surface area contributed by atoms with E-state index < -0.39 is 0 Å². The Morgan fingerprint density at radius 3 is 1.65 bits per heavy atom. The third-order valence-electron chi connectivity index (χ3n) is 5.00. The molecule has 4 heteroatoms. The van der Waals surface area contributed by atoms with Gasteiger partial charge < -0.3 is 10.0 Å². The zero-order valence-electron chi connectivity index (χ0n) is 16.7. The number of anilines is 3. The van der Waals surface area contributed by atoms with Crippen LogP contribution in [-0.4, -0.2) is 10.1 Å². The van der Waals surface area contributed by atoms with Crippen molar-refractivity contribution in [1.82, 2.24) is 4.98 Å². The van der Waals surface area contributed by atoms with E-state index in [9.17, 15) is 5.11 Å². The van der Waals surface area contributed by atoms with Crippen LogP contribution in [0.3, 0.4) is 0 Å². The second-order valence-electron chi connectivity index (χ2n) is 7.09. The van der Waals surface area contributed by atoms with Crippen molar-refractivity contribution in [3.05, 3.63) is 115 Å². The fourth-order valence-electron chi connectivity index (χ4n) is 3.51. The summed E-state index contributed by atoms with van der Waals surface area (Å²) >= 11 is 1.64. The monoisotopic (exact) mass is 420 g/mol. The van der Waals surface area contributed by atoms with E-state index in [-0.39, 0.29) is 5.75 Å². The molecule has 5 rings (SSSR count). The normalized spacial score (nSPS) is 10.7. The first kappa shape index (κ1) is 19.1. The topological polar surface area (TPSA) is 36.4 Å². The summed E-state index contributed by atoms with van der Waals surface area (Å²) in [7, 11) is 0. The molecular weight excluding hydrogens is 400 g/mol. The van der Waals surface area contributed by atoms with Gasteiger partial charge in [0.1, 0.15) is 21.5 Å². The summed E-state index contributed by atoms with van der Waals surface area (Å²) in [5.41, 5.74) is 5.13. The van der Waals surface area contributed by atoms with Crippen LogP contribution in [0.4, 0.5) is 16.4 Å². The summed E-state index contributed by atoms with van der Waals surface area (Å²) in [5.74, 6) is 0.249.